The lowest BCUT2D eigenvalue weighted by atomic mass is 9.88. The Morgan fingerprint density at radius 3 is 2.78 bits per heavy atom. The molecular formula is C19H25N3O. The first-order valence-corrected chi connectivity index (χ1v) is 8.81. The van der Waals surface area contributed by atoms with E-state index in [-0.39, 0.29) is 6.10 Å². The van der Waals surface area contributed by atoms with Crippen molar-refractivity contribution in [2.75, 3.05) is 19.6 Å². The SMILES string of the molecule is OC1CCN(C2CCNCC2)C(c2ccnc3ccccc23)C1. The summed E-state index contributed by atoms with van der Waals surface area (Å²) in [7, 11) is 0. The fraction of sp³-hybridized carbons (Fsp3) is 0.526. The first kappa shape index (κ1) is 15.1. The van der Waals surface area contributed by atoms with E-state index in [0.717, 1.165) is 38.0 Å². The zero-order chi connectivity index (χ0) is 15.6. The largest absolute Gasteiger partial charge is 0.393 e. The second-order valence-electron chi connectivity index (χ2n) is 6.83. The molecule has 0 saturated carbocycles. The van der Waals surface area contributed by atoms with Crippen molar-refractivity contribution >= 4 is 10.9 Å². The van der Waals surface area contributed by atoms with E-state index in [1.165, 1.54) is 23.8 Å². The van der Waals surface area contributed by atoms with E-state index in [4.69, 9.17) is 0 Å². The van der Waals surface area contributed by atoms with Crippen LogP contribution in [0.5, 0.6) is 0 Å². The lowest BCUT2D eigenvalue weighted by Crippen LogP contribution is -2.49. The minimum absolute atomic E-state index is 0.190. The standard InChI is InChI=1S/C19H25N3O/c23-15-8-12-22(14-5-9-20-10-6-14)19(13-15)17-7-11-21-18-4-2-1-3-16(17)18/h1-4,7,11,14-15,19-20,23H,5-6,8-10,12-13H2. The maximum absolute atomic E-state index is 10.3. The number of likely N-dealkylation sites (tertiary alicyclic amines) is 1. The number of nitrogens with zero attached hydrogens (tertiary/aromatic N) is 2. The molecule has 4 nitrogen and oxygen atoms in total. The van der Waals surface area contributed by atoms with Gasteiger partial charge >= 0.3 is 0 Å². The Labute approximate surface area is 137 Å². The molecule has 2 atom stereocenters. The van der Waals surface area contributed by atoms with Gasteiger partial charge in [0.05, 0.1) is 11.6 Å². The van der Waals surface area contributed by atoms with E-state index in [0.29, 0.717) is 12.1 Å². The second kappa shape index (κ2) is 6.56. The molecule has 2 fully saturated rings. The van der Waals surface area contributed by atoms with Crippen LogP contribution in [-0.4, -0.2) is 46.8 Å². The Hall–Kier alpha value is -1.49. The molecule has 2 N–H and O–H groups in total. The minimum Gasteiger partial charge on any atom is -0.393 e. The number of benzene rings is 1. The molecule has 2 unspecified atom stereocenters. The van der Waals surface area contributed by atoms with Crippen LogP contribution < -0.4 is 5.32 Å². The summed E-state index contributed by atoms with van der Waals surface area (Å²) in [6.45, 7) is 3.20. The van der Waals surface area contributed by atoms with E-state index < -0.39 is 0 Å². The first-order chi connectivity index (χ1) is 11.3. The smallest absolute Gasteiger partial charge is 0.0705 e. The minimum atomic E-state index is -0.190. The van der Waals surface area contributed by atoms with Gasteiger partial charge in [0, 0.05) is 30.2 Å². The van der Waals surface area contributed by atoms with Crippen LogP contribution in [0.15, 0.2) is 36.5 Å². The fourth-order valence-electron chi connectivity index (χ4n) is 4.25. The monoisotopic (exact) mass is 311 g/mol. The van der Waals surface area contributed by atoms with Crippen molar-refractivity contribution < 1.29 is 5.11 Å². The van der Waals surface area contributed by atoms with Crippen LogP contribution in [0, 0.1) is 0 Å². The molecule has 4 rings (SSSR count). The highest BCUT2D eigenvalue weighted by atomic mass is 16.3. The molecule has 2 aliphatic rings. The topological polar surface area (TPSA) is 48.4 Å². The number of hydrogen-bond donors (Lipinski definition) is 2. The summed E-state index contributed by atoms with van der Waals surface area (Å²) in [6.07, 6.45) is 5.86. The molecule has 122 valence electrons. The third-order valence-corrected chi connectivity index (χ3v) is 5.44. The average molecular weight is 311 g/mol. The van der Waals surface area contributed by atoms with E-state index in [1.54, 1.807) is 0 Å². The molecule has 0 bridgehead atoms. The summed E-state index contributed by atoms with van der Waals surface area (Å²) in [5.74, 6) is 0. The quantitative estimate of drug-likeness (QED) is 0.894. The highest BCUT2D eigenvalue weighted by Gasteiger charge is 2.34. The lowest BCUT2D eigenvalue weighted by Gasteiger charge is -2.44. The number of para-hydroxylation sites is 1. The predicted molar refractivity (Wildman–Crippen MR) is 92.3 cm³/mol. The first-order valence-electron chi connectivity index (χ1n) is 8.81. The van der Waals surface area contributed by atoms with Crippen LogP contribution in [0.4, 0.5) is 0 Å². The van der Waals surface area contributed by atoms with Crippen LogP contribution in [0.3, 0.4) is 0 Å². The third-order valence-electron chi connectivity index (χ3n) is 5.44. The zero-order valence-corrected chi connectivity index (χ0v) is 13.5. The fourth-order valence-corrected chi connectivity index (χ4v) is 4.25. The molecule has 0 amide bonds. The van der Waals surface area contributed by atoms with Gasteiger partial charge < -0.3 is 10.4 Å². The van der Waals surface area contributed by atoms with Gasteiger partial charge in [-0.05, 0) is 56.5 Å². The summed E-state index contributed by atoms with van der Waals surface area (Å²) >= 11 is 0. The molecule has 2 saturated heterocycles. The van der Waals surface area contributed by atoms with Crippen LogP contribution >= 0.6 is 0 Å². The average Bonchev–Trinajstić information content (AvgIpc) is 2.62. The van der Waals surface area contributed by atoms with Crippen molar-refractivity contribution in [2.24, 2.45) is 0 Å². The summed E-state index contributed by atoms with van der Waals surface area (Å²) in [6, 6.07) is 11.4. The van der Waals surface area contributed by atoms with Crippen molar-refractivity contribution in [3.63, 3.8) is 0 Å². The highest BCUT2D eigenvalue weighted by molar-refractivity contribution is 5.82. The maximum Gasteiger partial charge on any atom is 0.0705 e. The number of hydrogen-bond acceptors (Lipinski definition) is 4. The van der Waals surface area contributed by atoms with Gasteiger partial charge in [0.15, 0.2) is 0 Å². The van der Waals surface area contributed by atoms with Gasteiger partial charge in [-0.3, -0.25) is 9.88 Å². The molecule has 23 heavy (non-hydrogen) atoms. The molecule has 0 aliphatic carbocycles. The zero-order valence-electron chi connectivity index (χ0n) is 13.5. The molecule has 0 radical (unpaired) electrons. The molecule has 4 heteroatoms. The van der Waals surface area contributed by atoms with Gasteiger partial charge in [-0.2, -0.15) is 0 Å². The van der Waals surface area contributed by atoms with Gasteiger partial charge in [0.2, 0.25) is 0 Å². The summed E-state index contributed by atoms with van der Waals surface area (Å²) in [5, 5.41) is 15.0. The maximum atomic E-state index is 10.3. The van der Waals surface area contributed by atoms with Crippen molar-refractivity contribution in [1.82, 2.24) is 15.2 Å². The number of aliphatic hydroxyl groups is 1. The number of nitrogens with one attached hydrogen (secondary N) is 1. The van der Waals surface area contributed by atoms with Gasteiger partial charge in [-0.25, -0.2) is 0 Å². The Balaban J connectivity index is 1.72. The molecular weight excluding hydrogens is 286 g/mol. The molecule has 2 aromatic rings. The third kappa shape index (κ3) is 2.99. The second-order valence-corrected chi connectivity index (χ2v) is 6.83. The van der Waals surface area contributed by atoms with Crippen LogP contribution in [0.2, 0.25) is 0 Å². The molecule has 1 aromatic carbocycles. The van der Waals surface area contributed by atoms with Gasteiger partial charge in [0.1, 0.15) is 0 Å². The van der Waals surface area contributed by atoms with Crippen molar-refractivity contribution in [2.45, 2.75) is 43.9 Å². The number of aliphatic hydroxyl groups excluding tert-OH is 1. The number of rotatable bonds is 2. The molecule has 1 aromatic heterocycles. The van der Waals surface area contributed by atoms with Gasteiger partial charge in [0.25, 0.3) is 0 Å². The normalized spacial score (nSPS) is 27.3. The number of aromatic nitrogens is 1. The Morgan fingerprint density at radius 1 is 1.09 bits per heavy atom. The van der Waals surface area contributed by atoms with Crippen LogP contribution in [-0.2, 0) is 0 Å². The Morgan fingerprint density at radius 2 is 1.91 bits per heavy atom. The van der Waals surface area contributed by atoms with Crippen LogP contribution in [0.1, 0.15) is 37.3 Å². The number of pyridine rings is 1. The summed E-state index contributed by atoms with van der Waals surface area (Å²) in [4.78, 5) is 7.15. The number of fused-ring (bicyclic) bond motifs is 1. The summed E-state index contributed by atoms with van der Waals surface area (Å²) < 4.78 is 0. The van der Waals surface area contributed by atoms with Crippen molar-refractivity contribution in [3.05, 3.63) is 42.1 Å². The summed E-state index contributed by atoms with van der Waals surface area (Å²) in [5.41, 5.74) is 2.38. The van der Waals surface area contributed by atoms with E-state index >= 15 is 0 Å². The predicted octanol–water partition coefficient (Wildman–Crippen LogP) is 2.48. The van der Waals surface area contributed by atoms with Crippen molar-refractivity contribution in [3.8, 4) is 0 Å². The van der Waals surface area contributed by atoms with E-state index in [9.17, 15) is 5.11 Å². The molecule has 0 spiro atoms. The van der Waals surface area contributed by atoms with E-state index in [2.05, 4.69) is 39.5 Å². The van der Waals surface area contributed by atoms with E-state index in [1.807, 2.05) is 12.3 Å². The Kier molecular flexibility index (Phi) is 4.29. The van der Waals surface area contributed by atoms with Gasteiger partial charge in [-0.1, -0.05) is 18.2 Å². The van der Waals surface area contributed by atoms with Crippen LogP contribution in [0.25, 0.3) is 10.9 Å². The Bertz CT molecular complexity index is 663. The van der Waals surface area contributed by atoms with Crippen molar-refractivity contribution in [1.29, 1.82) is 0 Å². The highest BCUT2D eigenvalue weighted by Crippen LogP contribution is 2.37. The molecule has 3 heterocycles. The number of piperidine rings is 2. The lowest BCUT2D eigenvalue weighted by molar-refractivity contribution is 0.00865. The molecule has 2 aliphatic heterocycles. The van der Waals surface area contributed by atoms with Gasteiger partial charge in [-0.15, -0.1) is 0 Å².